The van der Waals surface area contributed by atoms with Crippen molar-refractivity contribution in [1.29, 1.82) is 0 Å². The number of hydrogen-bond acceptors (Lipinski definition) is 3. The van der Waals surface area contributed by atoms with Gasteiger partial charge in [-0.2, -0.15) is 0 Å². The summed E-state index contributed by atoms with van der Waals surface area (Å²) in [5.41, 5.74) is 0.527. The van der Waals surface area contributed by atoms with Gasteiger partial charge in [-0.1, -0.05) is 29.8 Å². The van der Waals surface area contributed by atoms with E-state index in [0.717, 1.165) is 0 Å². The van der Waals surface area contributed by atoms with Gasteiger partial charge in [0.15, 0.2) is 0 Å². The number of aliphatic carboxylic acids is 1. The average Bonchev–Trinajstić information content (AvgIpc) is 2.82. The molecule has 1 aromatic heterocycles. The van der Waals surface area contributed by atoms with E-state index in [1.165, 1.54) is 16.2 Å². The number of carbonyl (C=O) groups is 2. The highest BCUT2D eigenvalue weighted by atomic mass is 35.5. The molecule has 0 saturated heterocycles. The van der Waals surface area contributed by atoms with Crippen molar-refractivity contribution >= 4 is 40.5 Å². The Balaban J connectivity index is 2.36. The summed E-state index contributed by atoms with van der Waals surface area (Å²) in [5.74, 6) is -1.49. The highest BCUT2D eigenvalue weighted by Crippen LogP contribution is 2.26. The third-order valence-electron chi connectivity index (χ3n) is 2.42. The first-order valence-electron chi connectivity index (χ1n) is 5.41. The largest absolute Gasteiger partial charge is 0.480 e. The van der Waals surface area contributed by atoms with Crippen molar-refractivity contribution in [3.05, 3.63) is 51.7 Å². The summed E-state index contributed by atoms with van der Waals surface area (Å²) in [6.45, 7) is -0.406. The van der Waals surface area contributed by atoms with Crippen molar-refractivity contribution in [3.8, 4) is 0 Å². The molecule has 0 aliphatic rings. The van der Waals surface area contributed by atoms with E-state index in [-0.39, 0.29) is 0 Å². The van der Waals surface area contributed by atoms with Crippen LogP contribution in [-0.4, -0.2) is 23.5 Å². The molecule has 0 saturated carbocycles. The van der Waals surface area contributed by atoms with Gasteiger partial charge in [0.05, 0.1) is 5.02 Å². The second-order valence-electron chi connectivity index (χ2n) is 3.72. The number of hydrogen-bond donors (Lipinski definition) is 1. The third-order valence-corrected chi connectivity index (χ3v) is 3.75. The lowest BCUT2D eigenvalue weighted by Crippen LogP contribution is -2.35. The van der Waals surface area contributed by atoms with Crippen molar-refractivity contribution < 1.29 is 14.7 Å². The summed E-state index contributed by atoms with van der Waals surface area (Å²) < 4.78 is 0. The molecule has 0 bridgehead atoms. The average molecular weight is 296 g/mol. The van der Waals surface area contributed by atoms with Crippen molar-refractivity contribution in [2.24, 2.45) is 0 Å². The minimum atomic E-state index is -1.08. The normalized spacial score (nSPS) is 10.2. The minimum absolute atomic E-state index is 0.335. The van der Waals surface area contributed by atoms with Gasteiger partial charge in [0.2, 0.25) is 0 Å². The molecule has 6 heteroatoms. The van der Waals surface area contributed by atoms with Gasteiger partial charge >= 0.3 is 5.97 Å². The number of carboxylic acid groups (broad SMARTS) is 1. The second-order valence-corrected chi connectivity index (χ2v) is 5.04. The molecule has 0 spiro atoms. The van der Waals surface area contributed by atoms with Crippen LogP contribution < -0.4 is 4.90 Å². The van der Waals surface area contributed by atoms with Crippen LogP contribution in [0.15, 0.2) is 41.8 Å². The first kappa shape index (κ1) is 13.6. The molecule has 1 aromatic carbocycles. The van der Waals surface area contributed by atoms with Gasteiger partial charge in [-0.25, -0.2) is 0 Å². The Bertz CT molecular complexity index is 597. The van der Waals surface area contributed by atoms with E-state index in [4.69, 9.17) is 16.7 Å². The zero-order valence-electron chi connectivity index (χ0n) is 9.75. The number of rotatable bonds is 4. The molecule has 2 rings (SSSR count). The fraction of sp³-hybridized carbons (Fsp3) is 0.0769. The standard InChI is InChI=1S/C13H10ClNO3S/c14-10-6-7-19-12(10)13(18)15(8-11(16)17)9-4-2-1-3-5-9/h1-7H,8H2,(H,16,17). The monoisotopic (exact) mass is 295 g/mol. The van der Waals surface area contributed by atoms with Crippen molar-refractivity contribution in [3.63, 3.8) is 0 Å². The Morgan fingerprint density at radius 1 is 1.21 bits per heavy atom. The van der Waals surface area contributed by atoms with Gasteiger partial charge in [-0.3, -0.25) is 14.5 Å². The van der Waals surface area contributed by atoms with Crippen LogP contribution in [-0.2, 0) is 4.79 Å². The summed E-state index contributed by atoms with van der Waals surface area (Å²) in [7, 11) is 0. The van der Waals surface area contributed by atoms with Crippen LogP contribution in [0.25, 0.3) is 0 Å². The molecule has 19 heavy (non-hydrogen) atoms. The molecule has 0 aliphatic heterocycles. The second kappa shape index (κ2) is 5.86. The Kier molecular flexibility index (Phi) is 4.19. The van der Waals surface area contributed by atoms with E-state index in [1.807, 2.05) is 0 Å². The number of halogens is 1. The van der Waals surface area contributed by atoms with Crippen LogP contribution in [0.4, 0.5) is 5.69 Å². The van der Waals surface area contributed by atoms with Crippen LogP contribution in [0.1, 0.15) is 9.67 Å². The highest BCUT2D eigenvalue weighted by molar-refractivity contribution is 7.12. The number of carbonyl (C=O) groups excluding carboxylic acids is 1. The fourth-order valence-corrected chi connectivity index (χ4v) is 2.68. The SMILES string of the molecule is O=C(O)CN(C(=O)c1sccc1Cl)c1ccccc1. The van der Waals surface area contributed by atoms with Gasteiger partial charge in [-0.15, -0.1) is 11.3 Å². The zero-order chi connectivity index (χ0) is 13.8. The summed E-state index contributed by atoms with van der Waals surface area (Å²) >= 11 is 7.11. The Hall–Kier alpha value is -1.85. The number of anilines is 1. The lowest BCUT2D eigenvalue weighted by Gasteiger charge is -2.20. The van der Waals surface area contributed by atoms with Gasteiger partial charge in [0.25, 0.3) is 5.91 Å². The molecular weight excluding hydrogens is 286 g/mol. The maximum atomic E-state index is 12.4. The highest BCUT2D eigenvalue weighted by Gasteiger charge is 2.23. The maximum Gasteiger partial charge on any atom is 0.323 e. The molecule has 1 heterocycles. The lowest BCUT2D eigenvalue weighted by molar-refractivity contribution is -0.135. The first-order chi connectivity index (χ1) is 9.09. The Morgan fingerprint density at radius 2 is 1.89 bits per heavy atom. The molecule has 0 atom stereocenters. The number of benzene rings is 1. The van der Waals surface area contributed by atoms with Crippen LogP contribution in [0.3, 0.4) is 0 Å². The predicted molar refractivity (Wildman–Crippen MR) is 75.1 cm³/mol. The predicted octanol–water partition coefficient (Wildman–Crippen LogP) is 3.13. The number of para-hydroxylation sites is 1. The quantitative estimate of drug-likeness (QED) is 0.943. The molecule has 4 nitrogen and oxygen atoms in total. The van der Waals surface area contributed by atoms with Crippen molar-refractivity contribution in [2.45, 2.75) is 0 Å². The smallest absolute Gasteiger partial charge is 0.323 e. The van der Waals surface area contributed by atoms with Gasteiger partial charge in [0.1, 0.15) is 11.4 Å². The number of thiophene rings is 1. The molecule has 1 amide bonds. The number of amides is 1. The van der Waals surface area contributed by atoms with E-state index in [9.17, 15) is 9.59 Å². The Morgan fingerprint density at radius 3 is 2.42 bits per heavy atom. The zero-order valence-corrected chi connectivity index (χ0v) is 11.3. The van der Waals surface area contributed by atoms with Gasteiger partial charge < -0.3 is 5.11 Å². The van der Waals surface area contributed by atoms with E-state index < -0.39 is 18.4 Å². The van der Waals surface area contributed by atoms with E-state index in [1.54, 1.807) is 41.8 Å². The van der Waals surface area contributed by atoms with Crippen LogP contribution in [0.2, 0.25) is 5.02 Å². The molecule has 0 unspecified atom stereocenters. The molecule has 98 valence electrons. The molecular formula is C13H10ClNO3S. The van der Waals surface area contributed by atoms with Crippen LogP contribution >= 0.6 is 22.9 Å². The van der Waals surface area contributed by atoms with Crippen molar-refractivity contribution in [1.82, 2.24) is 0 Å². The Labute approximate surface area is 118 Å². The molecule has 1 N–H and O–H groups in total. The maximum absolute atomic E-state index is 12.4. The first-order valence-corrected chi connectivity index (χ1v) is 6.67. The van der Waals surface area contributed by atoms with Crippen LogP contribution in [0, 0.1) is 0 Å². The fourth-order valence-electron chi connectivity index (χ4n) is 1.59. The summed E-state index contributed by atoms with van der Waals surface area (Å²) in [6, 6.07) is 10.3. The van der Waals surface area contributed by atoms with Gasteiger partial charge in [-0.05, 0) is 23.6 Å². The molecule has 0 radical (unpaired) electrons. The minimum Gasteiger partial charge on any atom is -0.480 e. The van der Waals surface area contributed by atoms with E-state index >= 15 is 0 Å². The summed E-state index contributed by atoms with van der Waals surface area (Å²) in [4.78, 5) is 24.8. The molecule has 0 fully saturated rings. The lowest BCUT2D eigenvalue weighted by atomic mass is 10.2. The number of carboxylic acids is 1. The topological polar surface area (TPSA) is 57.6 Å². The van der Waals surface area contributed by atoms with E-state index in [2.05, 4.69) is 0 Å². The summed E-state index contributed by atoms with van der Waals surface area (Å²) in [6.07, 6.45) is 0. The molecule has 0 aliphatic carbocycles. The van der Waals surface area contributed by atoms with E-state index in [0.29, 0.717) is 15.6 Å². The third kappa shape index (κ3) is 3.13. The van der Waals surface area contributed by atoms with Gasteiger partial charge in [0, 0.05) is 5.69 Å². The number of nitrogens with zero attached hydrogens (tertiary/aromatic N) is 1. The molecule has 2 aromatic rings. The van der Waals surface area contributed by atoms with Crippen molar-refractivity contribution in [2.75, 3.05) is 11.4 Å². The van der Waals surface area contributed by atoms with Crippen LogP contribution in [0.5, 0.6) is 0 Å². The summed E-state index contributed by atoms with van der Waals surface area (Å²) in [5, 5.41) is 11.0.